The highest BCUT2D eigenvalue weighted by Gasteiger charge is 2.09. The number of rotatable bonds is 7. The minimum atomic E-state index is -0.174. The van der Waals surface area contributed by atoms with E-state index in [1.165, 1.54) is 0 Å². The molecule has 3 heterocycles. The molecule has 3 aromatic heterocycles. The summed E-state index contributed by atoms with van der Waals surface area (Å²) in [7, 11) is 0. The average Bonchev–Trinajstić information content (AvgIpc) is 3.45. The molecule has 0 saturated heterocycles. The highest BCUT2D eigenvalue weighted by molar-refractivity contribution is 9.10. The normalized spacial score (nSPS) is 11.0. The second-order valence-corrected chi connectivity index (χ2v) is 7.56. The van der Waals surface area contributed by atoms with Crippen LogP contribution < -0.4 is 5.32 Å². The lowest BCUT2D eigenvalue weighted by molar-refractivity contribution is 0.102. The second-order valence-electron chi connectivity index (χ2n) is 6.64. The molecule has 9 heteroatoms. The van der Waals surface area contributed by atoms with Gasteiger partial charge in [0, 0.05) is 36.3 Å². The van der Waals surface area contributed by atoms with Crippen molar-refractivity contribution in [2.24, 2.45) is 0 Å². The maximum atomic E-state index is 12.6. The first-order chi connectivity index (χ1) is 14.1. The van der Waals surface area contributed by atoms with E-state index in [4.69, 9.17) is 0 Å². The maximum Gasteiger partial charge on any atom is 0.255 e. The molecule has 0 fully saturated rings. The van der Waals surface area contributed by atoms with Crippen LogP contribution in [0.4, 0.5) is 5.69 Å². The van der Waals surface area contributed by atoms with Gasteiger partial charge in [0.25, 0.3) is 5.91 Å². The third-order valence-corrected chi connectivity index (χ3v) is 4.79. The Balaban J connectivity index is 1.40. The van der Waals surface area contributed by atoms with Gasteiger partial charge in [0.2, 0.25) is 0 Å². The SMILES string of the molecule is CCn1cc(Cn2cc(NC(=O)c3cccc(Cn4cc(Br)cn4)c3)cn2)cn1. The molecule has 0 bridgehead atoms. The largest absolute Gasteiger partial charge is 0.319 e. The molecule has 1 aromatic carbocycles. The van der Waals surface area contributed by atoms with Crippen molar-refractivity contribution in [1.82, 2.24) is 29.3 Å². The fourth-order valence-corrected chi connectivity index (χ4v) is 3.32. The molecule has 0 unspecified atom stereocenters. The van der Waals surface area contributed by atoms with Crippen molar-refractivity contribution < 1.29 is 4.79 Å². The van der Waals surface area contributed by atoms with E-state index in [-0.39, 0.29) is 5.91 Å². The van der Waals surface area contributed by atoms with E-state index in [9.17, 15) is 4.79 Å². The molecular formula is C20H20BrN7O. The third-order valence-electron chi connectivity index (χ3n) is 4.38. The van der Waals surface area contributed by atoms with E-state index in [2.05, 4.69) is 36.5 Å². The molecule has 0 atom stereocenters. The number of carbonyl (C=O) groups is 1. The highest BCUT2D eigenvalue weighted by Crippen LogP contribution is 2.13. The van der Waals surface area contributed by atoms with E-state index in [1.807, 2.05) is 59.3 Å². The number of aryl methyl sites for hydroxylation is 1. The standard InChI is InChI=1S/C20H20BrN7O/c1-2-26-11-16(7-22-26)12-28-14-19(9-24-28)25-20(29)17-5-3-4-15(6-17)10-27-13-18(21)8-23-27/h3-9,11,13-14H,2,10,12H2,1H3,(H,25,29). The first-order valence-electron chi connectivity index (χ1n) is 9.21. The Morgan fingerprint density at radius 1 is 0.966 bits per heavy atom. The van der Waals surface area contributed by atoms with Crippen molar-refractivity contribution in [1.29, 1.82) is 0 Å². The quantitative estimate of drug-likeness (QED) is 0.464. The highest BCUT2D eigenvalue weighted by atomic mass is 79.9. The van der Waals surface area contributed by atoms with Crippen LogP contribution in [-0.4, -0.2) is 35.2 Å². The molecule has 0 aliphatic heterocycles. The Morgan fingerprint density at radius 3 is 2.48 bits per heavy atom. The molecule has 148 valence electrons. The van der Waals surface area contributed by atoms with Gasteiger partial charge in [-0.2, -0.15) is 15.3 Å². The fourth-order valence-electron chi connectivity index (χ4n) is 2.99. The Bertz CT molecular complexity index is 1130. The lowest BCUT2D eigenvalue weighted by Crippen LogP contribution is -2.12. The minimum Gasteiger partial charge on any atom is -0.319 e. The molecule has 1 amide bonds. The van der Waals surface area contributed by atoms with Crippen molar-refractivity contribution in [2.75, 3.05) is 5.32 Å². The predicted octanol–water partition coefficient (Wildman–Crippen LogP) is 3.41. The average molecular weight is 454 g/mol. The summed E-state index contributed by atoms with van der Waals surface area (Å²) in [6.07, 6.45) is 10.9. The zero-order valence-electron chi connectivity index (χ0n) is 15.9. The molecule has 1 N–H and O–H groups in total. The fraction of sp³-hybridized carbons (Fsp3) is 0.200. The van der Waals surface area contributed by atoms with Crippen LogP contribution in [0, 0.1) is 0 Å². The summed E-state index contributed by atoms with van der Waals surface area (Å²) >= 11 is 3.39. The Morgan fingerprint density at radius 2 is 1.72 bits per heavy atom. The molecule has 0 spiro atoms. The van der Waals surface area contributed by atoms with E-state index < -0.39 is 0 Å². The third kappa shape index (κ3) is 4.80. The number of amides is 1. The molecule has 8 nitrogen and oxygen atoms in total. The van der Waals surface area contributed by atoms with Crippen molar-refractivity contribution >= 4 is 27.5 Å². The van der Waals surface area contributed by atoms with Crippen molar-refractivity contribution in [3.05, 3.63) is 82.6 Å². The zero-order chi connectivity index (χ0) is 20.2. The molecule has 29 heavy (non-hydrogen) atoms. The van der Waals surface area contributed by atoms with Crippen LogP contribution in [0.1, 0.15) is 28.4 Å². The molecule has 0 radical (unpaired) electrons. The summed E-state index contributed by atoms with van der Waals surface area (Å²) < 4.78 is 6.38. The number of anilines is 1. The van der Waals surface area contributed by atoms with E-state index >= 15 is 0 Å². The van der Waals surface area contributed by atoms with Crippen molar-refractivity contribution in [2.45, 2.75) is 26.6 Å². The van der Waals surface area contributed by atoms with Gasteiger partial charge in [0.1, 0.15) is 0 Å². The van der Waals surface area contributed by atoms with E-state index in [0.717, 1.165) is 22.1 Å². The summed E-state index contributed by atoms with van der Waals surface area (Å²) in [6.45, 7) is 4.07. The first kappa shape index (κ1) is 19.1. The van der Waals surface area contributed by atoms with Crippen LogP contribution in [-0.2, 0) is 19.6 Å². The van der Waals surface area contributed by atoms with Gasteiger partial charge in [-0.25, -0.2) is 0 Å². The van der Waals surface area contributed by atoms with Gasteiger partial charge in [0.05, 0.1) is 41.8 Å². The van der Waals surface area contributed by atoms with Gasteiger partial charge < -0.3 is 5.32 Å². The maximum absolute atomic E-state index is 12.6. The summed E-state index contributed by atoms with van der Waals surface area (Å²) in [6, 6.07) is 7.51. The summed E-state index contributed by atoms with van der Waals surface area (Å²) in [5.74, 6) is -0.174. The number of benzene rings is 1. The summed E-state index contributed by atoms with van der Waals surface area (Å²) in [4.78, 5) is 12.6. The van der Waals surface area contributed by atoms with Crippen molar-refractivity contribution in [3.8, 4) is 0 Å². The van der Waals surface area contributed by atoms with Crippen LogP contribution in [0.5, 0.6) is 0 Å². The zero-order valence-corrected chi connectivity index (χ0v) is 17.5. The van der Waals surface area contributed by atoms with Gasteiger partial charge in [-0.15, -0.1) is 0 Å². The molecule has 4 rings (SSSR count). The van der Waals surface area contributed by atoms with Gasteiger partial charge in [-0.05, 0) is 40.5 Å². The van der Waals surface area contributed by atoms with Crippen LogP contribution in [0.25, 0.3) is 0 Å². The predicted molar refractivity (Wildman–Crippen MR) is 113 cm³/mol. The molecule has 4 aromatic rings. The van der Waals surface area contributed by atoms with Crippen LogP contribution >= 0.6 is 15.9 Å². The Kier molecular flexibility index (Phi) is 5.57. The minimum absolute atomic E-state index is 0.174. The Hall–Kier alpha value is -3.20. The Labute approximate surface area is 176 Å². The molecular weight excluding hydrogens is 434 g/mol. The number of halogens is 1. The molecule has 0 aliphatic carbocycles. The van der Waals surface area contributed by atoms with E-state index in [1.54, 1.807) is 23.1 Å². The topological polar surface area (TPSA) is 82.6 Å². The first-order valence-corrected chi connectivity index (χ1v) is 10.0. The number of carbonyl (C=O) groups excluding carboxylic acids is 1. The smallest absolute Gasteiger partial charge is 0.255 e. The molecule has 0 aliphatic rings. The summed E-state index contributed by atoms with van der Waals surface area (Å²) in [5, 5.41) is 15.7. The van der Waals surface area contributed by atoms with Crippen molar-refractivity contribution in [3.63, 3.8) is 0 Å². The lowest BCUT2D eigenvalue weighted by Gasteiger charge is -2.06. The second kappa shape index (κ2) is 8.44. The number of hydrogen-bond donors (Lipinski definition) is 1. The lowest BCUT2D eigenvalue weighted by atomic mass is 10.1. The van der Waals surface area contributed by atoms with Gasteiger partial charge in [0.15, 0.2) is 0 Å². The number of hydrogen-bond acceptors (Lipinski definition) is 4. The number of nitrogens with zero attached hydrogens (tertiary/aromatic N) is 6. The van der Waals surface area contributed by atoms with E-state index in [0.29, 0.717) is 24.3 Å². The van der Waals surface area contributed by atoms with Crippen LogP contribution in [0.3, 0.4) is 0 Å². The van der Waals surface area contributed by atoms with Crippen LogP contribution in [0.2, 0.25) is 0 Å². The van der Waals surface area contributed by atoms with Gasteiger partial charge in [-0.3, -0.25) is 18.8 Å². The monoisotopic (exact) mass is 453 g/mol. The van der Waals surface area contributed by atoms with Gasteiger partial charge in [-0.1, -0.05) is 12.1 Å². The van der Waals surface area contributed by atoms with Crippen LogP contribution in [0.15, 0.2) is 65.9 Å². The summed E-state index contributed by atoms with van der Waals surface area (Å²) in [5.41, 5.74) is 3.30. The number of nitrogens with one attached hydrogen (secondary N) is 1. The molecule has 0 saturated carbocycles. The van der Waals surface area contributed by atoms with Gasteiger partial charge >= 0.3 is 0 Å². The number of aromatic nitrogens is 6.